The lowest BCUT2D eigenvalue weighted by Gasteiger charge is -2.38. The summed E-state index contributed by atoms with van der Waals surface area (Å²) >= 11 is 0. The summed E-state index contributed by atoms with van der Waals surface area (Å²) in [5.41, 5.74) is -0.114. The van der Waals surface area contributed by atoms with Crippen molar-refractivity contribution in [3.8, 4) is 5.75 Å². The Bertz CT molecular complexity index is 628. The minimum Gasteiger partial charge on any atom is -0.485 e. The maximum Gasteiger partial charge on any atom is 0.323 e. The number of hydrogen-bond acceptors (Lipinski definition) is 4. The molecule has 0 aromatic carbocycles. The molecule has 1 fully saturated rings. The number of aromatic nitrogens is 3. The summed E-state index contributed by atoms with van der Waals surface area (Å²) in [4.78, 5) is 33.2. The summed E-state index contributed by atoms with van der Waals surface area (Å²) in [6.45, 7) is 1.00. The number of amides is 1. The fraction of sp³-hybridized carbons (Fsp3) is 0.250. The number of imidazole rings is 1. The van der Waals surface area contributed by atoms with Gasteiger partial charge in [-0.05, 0) is 12.1 Å². The Morgan fingerprint density at radius 1 is 1.47 bits per heavy atom. The van der Waals surface area contributed by atoms with Crippen LogP contribution < -0.4 is 10.4 Å². The van der Waals surface area contributed by atoms with Gasteiger partial charge in [-0.1, -0.05) is 0 Å². The van der Waals surface area contributed by atoms with Crippen LogP contribution in [0.4, 0.5) is 0 Å². The van der Waals surface area contributed by atoms with Crippen molar-refractivity contribution in [1.29, 1.82) is 0 Å². The minimum atomic E-state index is -0.382. The summed E-state index contributed by atoms with van der Waals surface area (Å²) in [5.74, 6) is 0.485. The van der Waals surface area contributed by atoms with E-state index < -0.39 is 0 Å². The predicted molar refractivity (Wildman–Crippen MR) is 66.0 cm³/mol. The Morgan fingerprint density at radius 2 is 2.32 bits per heavy atom. The summed E-state index contributed by atoms with van der Waals surface area (Å²) < 4.78 is 5.64. The van der Waals surface area contributed by atoms with E-state index in [1.54, 1.807) is 23.4 Å². The van der Waals surface area contributed by atoms with Crippen LogP contribution >= 0.6 is 0 Å². The van der Waals surface area contributed by atoms with Gasteiger partial charge in [-0.15, -0.1) is 0 Å². The monoisotopic (exact) mass is 260 g/mol. The zero-order valence-electron chi connectivity index (χ0n) is 10.00. The van der Waals surface area contributed by atoms with Crippen molar-refractivity contribution in [2.45, 2.75) is 6.10 Å². The summed E-state index contributed by atoms with van der Waals surface area (Å²) in [6, 6.07) is 3.61. The summed E-state index contributed by atoms with van der Waals surface area (Å²) in [7, 11) is 0. The standard InChI is InChI=1S/C12H12N4O3/c17-11(10-5-14-12(18)15-10)16-6-9(7-16)19-8-2-1-3-13-4-8/h1-5,9H,6-7H2,(H2,14,15,18). The van der Waals surface area contributed by atoms with E-state index in [9.17, 15) is 9.59 Å². The maximum absolute atomic E-state index is 11.9. The molecule has 1 amide bonds. The molecule has 1 aliphatic rings. The first kappa shape index (κ1) is 11.5. The van der Waals surface area contributed by atoms with Gasteiger partial charge in [0.15, 0.2) is 0 Å². The summed E-state index contributed by atoms with van der Waals surface area (Å²) in [6.07, 6.45) is 4.65. The van der Waals surface area contributed by atoms with E-state index in [0.717, 1.165) is 0 Å². The van der Waals surface area contributed by atoms with Gasteiger partial charge in [-0.25, -0.2) is 4.79 Å². The molecule has 2 N–H and O–H groups in total. The van der Waals surface area contributed by atoms with Crippen LogP contribution in [0.5, 0.6) is 5.75 Å². The van der Waals surface area contributed by atoms with Crippen LogP contribution in [0.3, 0.4) is 0 Å². The van der Waals surface area contributed by atoms with Gasteiger partial charge in [0.25, 0.3) is 5.91 Å². The highest BCUT2D eigenvalue weighted by atomic mass is 16.5. The van der Waals surface area contributed by atoms with Gasteiger partial charge in [0, 0.05) is 12.4 Å². The first-order valence-corrected chi connectivity index (χ1v) is 5.86. The van der Waals surface area contributed by atoms with Crippen LogP contribution in [0.1, 0.15) is 10.5 Å². The first-order chi connectivity index (χ1) is 9.22. The van der Waals surface area contributed by atoms with Gasteiger partial charge in [0.2, 0.25) is 0 Å². The highest BCUT2D eigenvalue weighted by Crippen LogP contribution is 2.18. The highest BCUT2D eigenvalue weighted by molar-refractivity contribution is 5.92. The van der Waals surface area contributed by atoms with Gasteiger partial charge >= 0.3 is 5.69 Å². The number of likely N-dealkylation sites (tertiary alicyclic amines) is 1. The zero-order chi connectivity index (χ0) is 13.2. The Balaban J connectivity index is 1.55. The van der Waals surface area contributed by atoms with Crippen LogP contribution in [0.25, 0.3) is 0 Å². The second-order valence-corrected chi connectivity index (χ2v) is 4.30. The van der Waals surface area contributed by atoms with Gasteiger partial charge in [0.05, 0.1) is 19.3 Å². The third kappa shape index (κ3) is 2.35. The molecule has 7 nitrogen and oxygen atoms in total. The van der Waals surface area contributed by atoms with Crippen molar-refractivity contribution in [3.05, 3.63) is 46.9 Å². The molecule has 3 heterocycles. The minimum absolute atomic E-state index is 0.0289. The van der Waals surface area contributed by atoms with Gasteiger partial charge in [-0.3, -0.25) is 9.78 Å². The second-order valence-electron chi connectivity index (χ2n) is 4.30. The van der Waals surface area contributed by atoms with Crippen molar-refractivity contribution in [3.63, 3.8) is 0 Å². The third-order valence-electron chi connectivity index (χ3n) is 2.90. The number of carbonyl (C=O) groups is 1. The van der Waals surface area contributed by atoms with Crippen molar-refractivity contribution in [2.75, 3.05) is 13.1 Å². The third-order valence-corrected chi connectivity index (χ3v) is 2.90. The Hall–Kier alpha value is -2.57. The molecule has 1 saturated heterocycles. The molecule has 2 aromatic rings. The van der Waals surface area contributed by atoms with E-state index in [1.165, 1.54) is 6.20 Å². The van der Waals surface area contributed by atoms with Crippen LogP contribution in [-0.4, -0.2) is 45.0 Å². The number of nitrogens with one attached hydrogen (secondary N) is 2. The average molecular weight is 260 g/mol. The van der Waals surface area contributed by atoms with Crippen molar-refractivity contribution in [2.24, 2.45) is 0 Å². The Labute approximate surface area is 108 Å². The van der Waals surface area contributed by atoms with E-state index in [1.807, 2.05) is 6.07 Å². The number of hydrogen-bond donors (Lipinski definition) is 2. The lowest BCUT2D eigenvalue weighted by atomic mass is 10.1. The largest absolute Gasteiger partial charge is 0.485 e. The molecule has 3 rings (SSSR count). The number of pyridine rings is 1. The van der Waals surface area contributed by atoms with Crippen LogP contribution in [0.15, 0.2) is 35.5 Å². The van der Waals surface area contributed by atoms with E-state index in [0.29, 0.717) is 18.8 Å². The molecular formula is C12H12N4O3. The first-order valence-electron chi connectivity index (χ1n) is 5.86. The Morgan fingerprint density at radius 3 is 2.95 bits per heavy atom. The normalized spacial score (nSPS) is 15.1. The number of ether oxygens (including phenoxy) is 1. The zero-order valence-corrected chi connectivity index (χ0v) is 10.00. The smallest absolute Gasteiger partial charge is 0.323 e. The molecule has 0 saturated carbocycles. The topological polar surface area (TPSA) is 91.1 Å². The fourth-order valence-corrected chi connectivity index (χ4v) is 1.91. The molecule has 0 bridgehead atoms. The second kappa shape index (κ2) is 4.60. The number of nitrogens with zero attached hydrogens (tertiary/aromatic N) is 2. The molecular weight excluding hydrogens is 248 g/mol. The number of aromatic amines is 2. The SMILES string of the molecule is O=C(c1c[nH]c(=O)[nH]1)N1CC(Oc2cccnc2)C1. The lowest BCUT2D eigenvalue weighted by molar-refractivity contribution is 0.0172. The van der Waals surface area contributed by atoms with Gasteiger partial charge in [0.1, 0.15) is 17.5 Å². The quantitative estimate of drug-likeness (QED) is 0.812. The molecule has 1 aliphatic heterocycles. The van der Waals surface area contributed by atoms with Crippen LogP contribution in [0, 0.1) is 0 Å². The van der Waals surface area contributed by atoms with Gasteiger partial charge in [-0.2, -0.15) is 0 Å². The molecule has 98 valence electrons. The molecule has 19 heavy (non-hydrogen) atoms. The molecule has 7 heteroatoms. The van der Waals surface area contributed by atoms with Crippen molar-refractivity contribution >= 4 is 5.91 Å². The predicted octanol–water partition coefficient (Wildman–Crippen LogP) is 0.00140. The fourth-order valence-electron chi connectivity index (χ4n) is 1.91. The molecule has 2 aromatic heterocycles. The average Bonchev–Trinajstić information content (AvgIpc) is 2.80. The number of rotatable bonds is 3. The number of H-pyrrole nitrogens is 2. The maximum atomic E-state index is 11.9. The Kier molecular flexibility index (Phi) is 2.79. The van der Waals surface area contributed by atoms with E-state index in [2.05, 4.69) is 15.0 Å². The van der Waals surface area contributed by atoms with E-state index >= 15 is 0 Å². The van der Waals surface area contributed by atoms with Gasteiger partial charge < -0.3 is 19.6 Å². The molecule has 0 unspecified atom stereocenters. The highest BCUT2D eigenvalue weighted by Gasteiger charge is 2.33. The number of carbonyl (C=O) groups excluding carboxylic acids is 1. The van der Waals surface area contributed by atoms with E-state index in [-0.39, 0.29) is 23.4 Å². The van der Waals surface area contributed by atoms with Crippen molar-refractivity contribution in [1.82, 2.24) is 19.9 Å². The molecule has 0 radical (unpaired) electrons. The summed E-state index contributed by atoms with van der Waals surface area (Å²) in [5, 5.41) is 0. The lowest BCUT2D eigenvalue weighted by Crippen LogP contribution is -2.56. The molecule has 0 aliphatic carbocycles. The van der Waals surface area contributed by atoms with Crippen LogP contribution in [-0.2, 0) is 0 Å². The van der Waals surface area contributed by atoms with E-state index in [4.69, 9.17) is 4.74 Å². The molecule has 0 spiro atoms. The molecule has 0 atom stereocenters. The van der Waals surface area contributed by atoms with Crippen LogP contribution in [0.2, 0.25) is 0 Å². The van der Waals surface area contributed by atoms with Crippen molar-refractivity contribution < 1.29 is 9.53 Å².